The van der Waals surface area contributed by atoms with Crippen molar-refractivity contribution in [3.05, 3.63) is 0 Å². The van der Waals surface area contributed by atoms with E-state index >= 15 is 0 Å². The number of rotatable bonds is 0. The van der Waals surface area contributed by atoms with Gasteiger partial charge >= 0.3 is 63.2 Å². The van der Waals surface area contributed by atoms with E-state index in [1.165, 1.54) is 0 Å². The molecule has 0 aromatic heterocycles. The first kappa shape index (κ1) is 6.03. The number of hydrogen-bond donors (Lipinski definition) is 0. The van der Waals surface area contributed by atoms with E-state index in [2.05, 4.69) is 41.4 Å². The Balaban J connectivity index is 2.76. The Labute approximate surface area is 63.0 Å². The van der Waals surface area contributed by atoms with Crippen LogP contribution < -0.4 is 0 Å². The molecule has 0 saturated carbocycles. The SMILES string of the molecule is [Se]=C1N=NC(=[Se])[Se]1. The van der Waals surface area contributed by atoms with Gasteiger partial charge in [0.2, 0.25) is 0 Å². The zero-order valence-electron chi connectivity index (χ0n) is 3.12. The molecule has 0 amide bonds. The fraction of sp³-hybridized carbons (Fsp3) is 0. The predicted octanol–water partition coefficient (Wildman–Crippen LogP) is -1.33. The van der Waals surface area contributed by atoms with Gasteiger partial charge in [-0.3, -0.25) is 0 Å². The maximum absolute atomic E-state index is 3.76. The van der Waals surface area contributed by atoms with E-state index in [0.29, 0.717) is 15.0 Å². The molecule has 5 heteroatoms. The van der Waals surface area contributed by atoms with Crippen molar-refractivity contribution in [2.45, 2.75) is 0 Å². The molecule has 0 spiro atoms. The zero-order chi connectivity index (χ0) is 5.28. The molecule has 2 nitrogen and oxygen atoms in total. The molecule has 0 bridgehead atoms. The van der Waals surface area contributed by atoms with Gasteiger partial charge in [-0.1, -0.05) is 0 Å². The molecule has 1 aliphatic heterocycles. The van der Waals surface area contributed by atoms with Gasteiger partial charge in [0, 0.05) is 0 Å². The normalized spacial score (nSPS) is 18.9. The van der Waals surface area contributed by atoms with Crippen molar-refractivity contribution < 1.29 is 0 Å². The van der Waals surface area contributed by atoms with Crippen molar-refractivity contribution in [3.8, 4) is 0 Å². The van der Waals surface area contributed by atoms with Gasteiger partial charge < -0.3 is 0 Å². The number of hydrogen-bond acceptors (Lipinski definition) is 2. The molecule has 0 aromatic carbocycles. The van der Waals surface area contributed by atoms with Gasteiger partial charge in [0.25, 0.3) is 0 Å². The second-order valence-electron chi connectivity index (χ2n) is 0.834. The van der Waals surface area contributed by atoms with Gasteiger partial charge in [0.15, 0.2) is 0 Å². The van der Waals surface area contributed by atoms with Crippen molar-refractivity contribution in [2.75, 3.05) is 0 Å². The van der Waals surface area contributed by atoms with Gasteiger partial charge in [0.1, 0.15) is 0 Å². The molecule has 0 saturated heterocycles. The standard InChI is InChI=1S/C2N2Se3/c5-1-3-4-2(6)7-1. The van der Waals surface area contributed by atoms with Crippen LogP contribution in [0.25, 0.3) is 0 Å². The summed E-state index contributed by atoms with van der Waals surface area (Å²) in [6, 6.07) is 0. The summed E-state index contributed by atoms with van der Waals surface area (Å²) < 4.78 is 2.06. The van der Waals surface area contributed by atoms with Crippen molar-refractivity contribution in [1.29, 1.82) is 0 Å². The summed E-state index contributed by atoms with van der Waals surface area (Å²) in [4.78, 5) is 0. The van der Waals surface area contributed by atoms with Crippen LogP contribution in [0, 0.1) is 0 Å². The monoisotopic (exact) mass is 292 g/mol. The van der Waals surface area contributed by atoms with Crippen molar-refractivity contribution >= 4 is 53.0 Å². The molecule has 7 heavy (non-hydrogen) atoms. The Morgan fingerprint density at radius 3 is 1.71 bits per heavy atom. The minimum absolute atomic E-state index is 0.375. The van der Waals surface area contributed by atoms with E-state index in [-0.39, 0.29) is 0 Å². The molecule has 0 aliphatic carbocycles. The topological polar surface area (TPSA) is 24.7 Å². The molecule has 36 valence electrons. The van der Waals surface area contributed by atoms with E-state index in [0.717, 1.165) is 6.88 Å². The van der Waals surface area contributed by atoms with Gasteiger partial charge in [0.05, 0.1) is 0 Å². The van der Waals surface area contributed by atoms with Crippen LogP contribution in [0.3, 0.4) is 0 Å². The van der Waals surface area contributed by atoms with Gasteiger partial charge in [-0.15, -0.1) is 0 Å². The van der Waals surface area contributed by atoms with Crippen LogP contribution in [0.1, 0.15) is 0 Å². The summed E-state index contributed by atoms with van der Waals surface area (Å²) in [6.07, 6.45) is 0. The molecule has 1 rings (SSSR count). The molecule has 1 heterocycles. The van der Waals surface area contributed by atoms with Gasteiger partial charge in [-0.05, 0) is 0 Å². The maximum atomic E-state index is 3.76. The predicted molar refractivity (Wildman–Crippen MR) is 32.1 cm³/mol. The summed E-state index contributed by atoms with van der Waals surface area (Å²) in [5.41, 5.74) is 0. The summed E-state index contributed by atoms with van der Waals surface area (Å²) in [5, 5.41) is 7.53. The van der Waals surface area contributed by atoms with E-state index in [1.54, 1.807) is 0 Å². The summed E-state index contributed by atoms with van der Waals surface area (Å²) in [7, 11) is 0. The Hall–Kier alpha value is 0.898. The Morgan fingerprint density at radius 1 is 1.14 bits per heavy atom. The number of nitrogens with zero attached hydrogens (tertiary/aromatic N) is 2. The van der Waals surface area contributed by atoms with Crippen LogP contribution in [-0.4, -0.2) is 53.0 Å². The van der Waals surface area contributed by atoms with Crippen molar-refractivity contribution in [1.82, 2.24) is 0 Å². The molecular formula is C2N2Se3. The number of azo groups is 1. The average Bonchev–Trinajstić information content (AvgIpc) is 1.87. The third-order valence-corrected chi connectivity index (χ3v) is 3.62. The quantitative estimate of drug-likeness (QED) is 0.494. The molecule has 0 atom stereocenters. The van der Waals surface area contributed by atoms with Crippen LogP contribution in [0.5, 0.6) is 0 Å². The molecule has 1 aliphatic rings. The summed E-state index contributed by atoms with van der Waals surface area (Å²) >= 11 is 6.00. The van der Waals surface area contributed by atoms with Crippen LogP contribution in [0.15, 0.2) is 10.2 Å². The molecular weight excluding hydrogens is 289 g/mol. The Kier molecular flexibility index (Phi) is 2.11. The fourth-order valence-electron chi connectivity index (χ4n) is 0.197. The molecule has 0 radical (unpaired) electrons. The summed E-state index contributed by atoms with van der Waals surface area (Å²) in [6.45, 7) is 0. The first-order valence-corrected chi connectivity index (χ1v) is 4.89. The molecule has 0 N–H and O–H groups in total. The molecule has 0 aromatic rings. The van der Waals surface area contributed by atoms with Crippen LogP contribution in [0.4, 0.5) is 0 Å². The van der Waals surface area contributed by atoms with Gasteiger partial charge in [-0.2, -0.15) is 0 Å². The summed E-state index contributed by atoms with van der Waals surface area (Å²) in [5.74, 6) is 0. The Bertz CT molecular complexity index is 133. The second kappa shape index (κ2) is 2.45. The molecule has 0 fully saturated rings. The van der Waals surface area contributed by atoms with E-state index in [1.807, 2.05) is 0 Å². The minimum atomic E-state index is 0.375. The van der Waals surface area contributed by atoms with Crippen LogP contribution in [0.2, 0.25) is 0 Å². The average molecular weight is 289 g/mol. The van der Waals surface area contributed by atoms with Crippen molar-refractivity contribution in [2.24, 2.45) is 10.2 Å². The van der Waals surface area contributed by atoms with E-state index in [4.69, 9.17) is 0 Å². The fourth-order valence-corrected chi connectivity index (χ4v) is 4.14. The first-order valence-electron chi connectivity index (χ1n) is 1.46. The van der Waals surface area contributed by atoms with Crippen LogP contribution >= 0.6 is 0 Å². The zero-order valence-corrected chi connectivity index (χ0v) is 8.26. The third kappa shape index (κ3) is 1.69. The first-order chi connectivity index (χ1) is 3.29. The Morgan fingerprint density at radius 2 is 1.57 bits per heavy atom. The second-order valence-corrected chi connectivity index (χ2v) is 7.13. The van der Waals surface area contributed by atoms with E-state index in [9.17, 15) is 0 Å². The molecule has 0 unspecified atom stereocenters. The van der Waals surface area contributed by atoms with Crippen LogP contribution in [-0.2, 0) is 0 Å². The van der Waals surface area contributed by atoms with E-state index < -0.39 is 0 Å². The van der Waals surface area contributed by atoms with Gasteiger partial charge in [-0.25, -0.2) is 0 Å². The van der Waals surface area contributed by atoms with Crippen molar-refractivity contribution in [3.63, 3.8) is 0 Å². The third-order valence-electron chi connectivity index (χ3n) is 0.388.